The fourth-order valence-corrected chi connectivity index (χ4v) is 1.76. The average molecular weight is 193 g/mol. The molecule has 0 aromatic carbocycles. The van der Waals surface area contributed by atoms with Crippen LogP contribution in [0.4, 0.5) is 5.69 Å². The Balaban J connectivity index is 2.20. The van der Waals surface area contributed by atoms with E-state index in [9.17, 15) is 0 Å². The van der Waals surface area contributed by atoms with Crippen LogP contribution in [0.2, 0.25) is 0 Å². The van der Waals surface area contributed by atoms with E-state index in [-0.39, 0.29) is 6.61 Å². The molecular formula is C10H15N3O. The molecule has 1 aromatic heterocycles. The van der Waals surface area contributed by atoms with E-state index in [1.54, 1.807) is 12.4 Å². The van der Waals surface area contributed by atoms with E-state index in [2.05, 4.69) is 15.2 Å². The van der Waals surface area contributed by atoms with Crippen LogP contribution in [0, 0.1) is 0 Å². The van der Waals surface area contributed by atoms with Crippen molar-refractivity contribution in [2.45, 2.75) is 6.61 Å². The van der Waals surface area contributed by atoms with Crippen LogP contribution >= 0.6 is 0 Å². The molecule has 0 radical (unpaired) electrons. The van der Waals surface area contributed by atoms with Gasteiger partial charge < -0.3 is 15.3 Å². The number of pyridine rings is 1. The largest absolute Gasteiger partial charge is 0.392 e. The Labute approximate surface area is 83.6 Å². The first kappa shape index (κ1) is 9.43. The quantitative estimate of drug-likeness (QED) is 0.693. The molecule has 4 heteroatoms. The van der Waals surface area contributed by atoms with Gasteiger partial charge in [-0.05, 0) is 6.07 Å². The van der Waals surface area contributed by atoms with Gasteiger partial charge in [-0.3, -0.25) is 4.98 Å². The van der Waals surface area contributed by atoms with Crippen molar-refractivity contribution in [2.75, 3.05) is 31.1 Å². The third kappa shape index (κ3) is 1.86. The van der Waals surface area contributed by atoms with Gasteiger partial charge in [-0.25, -0.2) is 0 Å². The zero-order valence-corrected chi connectivity index (χ0v) is 8.11. The maximum atomic E-state index is 9.17. The lowest BCUT2D eigenvalue weighted by Gasteiger charge is -2.30. The number of aliphatic hydroxyl groups excluding tert-OH is 1. The maximum Gasteiger partial charge on any atom is 0.0717 e. The highest BCUT2D eigenvalue weighted by Gasteiger charge is 2.12. The first-order chi connectivity index (χ1) is 6.92. The first-order valence-electron chi connectivity index (χ1n) is 4.91. The van der Waals surface area contributed by atoms with E-state index in [1.807, 2.05) is 6.07 Å². The summed E-state index contributed by atoms with van der Waals surface area (Å²) in [6.45, 7) is 4.07. The minimum atomic E-state index is 0.0626. The van der Waals surface area contributed by atoms with Crippen molar-refractivity contribution in [3.8, 4) is 0 Å². The van der Waals surface area contributed by atoms with E-state index in [4.69, 9.17) is 5.11 Å². The Morgan fingerprint density at radius 3 is 2.93 bits per heavy atom. The highest BCUT2D eigenvalue weighted by Crippen LogP contribution is 2.19. The molecule has 1 aromatic rings. The molecule has 1 aliphatic heterocycles. The lowest BCUT2D eigenvalue weighted by molar-refractivity contribution is 0.281. The molecule has 1 saturated heterocycles. The van der Waals surface area contributed by atoms with E-state index >= 15 is 0 Å². The Hall–Kier alpha value is -1.13. The van der Waals surface area contributed by atoms with Crippen molar-refractivity contribution >= 4 is 5.69 Å². The number of rotatable bonds is 2. The third-order valence-electron chi connectivity index (χ3n) is 2.51. The van der Waals surface area contributed by atoms with Crippen LogP contribution in [0.5, 0.6) is 0 Å². The summed E-state index contributed by atoms with van der Waals surface area (Å²) < 4.78 is 0. The summed E-state index contributed by atoms with van der Waals surface area (Å²) in [4.78, 5) is 6.29. The molecule has 2 rings (SSSR count). The molecule has 1 aliphatic rings. The average Bonchev–Trinajstić information content (AvgIpc) is 2.30. The van der Waals surface area contributed by atoms with Gasteiger partial charge in [0.2, 0.25) is 0 Å². The SMILES string of the molecule is OCc1cnccc1N1CCNCC1. The van der Waals surface area contributed by atoms with Gasteiger partial charge in [0.1, 0.15) is 0 Å². The number of aliphatic hydroxyl groups is 1. The summed E-state index contributed by atoms with van der Waals surface area (Å²) in [5, 5.41) is 12.5. The van der Waals surface area contributed by atoms with Crippen molar-refractivity contribution in [1.82, 2.24) is 10.3 Å². The number of aromatic nitrogens is 1. The Morgan fingerprint density at radius 2 is 2.21 bits per heavy atom. The van der Waals surface area contributed by atoms with Crippen molar-refractivity contribution in [3.05, 3.63) is 24.0 Å². The summed E-state index contributed by atoms with van der Waals surface area (Å²) >= 11 is 0. The molecule has 0 atom stereocenters. The van der Waals surface area contributed by atoms with Crippen LogP contribution < -0.4 is 10.2 Å². The molecule has 0 amide bonds. The minimum Gasteiger partial charge on any atom is -0.392 e. The van der Waals surface area contributed by atoms with Gasteiger partial charge in [-0.15, -0.1) is 0 Å². The Morgan fingerprint density at radius 1 is 1.43 bits per heavy atom. The molecule has 2 heterocycles. The van der Waals surface area contributed by atoms with E-state index in [0.29, 0.717) is 0 Å². The highest BCUT2D eigenvalue weighted by molar-refractivity contribution is 5.52. The lowest BCUT2D eigenvalue weighted by atomic mass is 10.2. The summed E-state index contributed by atoms with van der Waals surface area (Å²) in [6.07, 6.45) is 3.51. The summed E-state index contributed by atoms with van der Waals surface area (Å²) in [5.74, 6) is 0. The van der Waals surface area contributed by atoms with Crippen molar-refractivity contribution in [1.29, 1.82) is 0 Å². The monoisotopic (exact) mass is 193 g/mol. The third-order valence-corrected chi connectivity index (χ3v) is 2.51. The predicted molar refractivity (Wildman–Crippen MR) is 55.2 cm³/mol. The number of nitrogens with zero attached hydrogens (tertiary/aromatic N) is 2. The smallest absolute Gasteiger partial charge is 0.0717 e. The molecular weight excluding hydrogens is 178 g/mol. The fourth-order valence-electron chi connectivity index (χ4n) is 1.76. The summed E-state index contributed by atoms with van der Waals surface area (Å²) in [5.41, 5.74) is 2.03. The first-order valence-corrected chi connectivity index (χ1v) is 4.91. The van der Waals surface area contributed by atoms with E-state index < -0.39 is 0 Å². The zero-order valence-electron chi connectivity index (χ0n) is 8.11. The second-order valence-electron chi connectivity index (χ2n) is 3.40. The summed E-state index contributed by atoms with van der Waals surface area (Å²) in [6, 6.07) is 1.97. The molecule has 14 heavy (non-hydrogen) atoms. The van der Waals surface area contributed by atoms with E-state index in [0.717, 1.165) is 37.4 Å². The number of piperazine rings is 1. The standard InChI is InChI=1S/C10H15N3O/c14-8-9-7-12-2-1-10(9)13-5-3-11-4-6-13/h1-2,7,11,14H,3-6,8H2. The molecule has 2 N–H and O–H groups in total. The number of hydrogen-bond donors (Lipinski definition) is 2. The van der Waals surface area contributed by atoms with Gasteiger partial charge in [-0.1, -0.05) is 0 Å². The van der Waals surface area contributed by atoms with Crippen LogP contribution in [-0.2, 0) is 6.61 Å². The normalized spacial score (nSPS) is 17.1. The summed E-state index contributed by atoms with van der Waals surface area (Å²) in [7, 11) is 0. The molecule has 1 fully saturated rings. The molecule has 0 aliphatic carbocycles. The molecule has 4 nitrogen and oxygen atoms in total. The molecule has 0 spiro atoms. The van der Waals surface area contributed by atoms with Crippen LogP contribution in [-0.4, -0.2) is 36.3 Å². The van der Waals surface area contributed by atoms with Gasteiger partial charge in [0.25, 0.3) is 0 Å². The van der Waals surface area contributed by atoms with Gasteiger partial charge in [0.15, 0.2) is 0 Å². The minimum absolute atomic E-state index is 0.0626. The molecule has 0 unspecified atom stereocenters. The highest BCUT2D eigenvalue weighted by atomic mass is 16.3. The topological polar surface area (TPSA) is 48.4 Å². The second-order valence-corrected chi connectivity index (χ2v) is 3.40. The number of nitrogens with one attached hydrogen (secondary N) is 1. The van der Waals surface area contributed by atoms with Crippen molar-refractivity contribution in [3.63, 3.8) is 0 Å². The molecule has 76 valence electrons. The van der Waals surface area contributed by atoms with Gasteiger partial charge in [0.05, 0.1) is 6.61 Å². The lowest BCUT2D eigenvalue weighted by Crippen LogP contribution is -2.43. The second kappa shape index (κ2) is 4.39. The van der Waals surface area contributed by atoms with Gasteiger partial charge in [-0.2, -0.15) is 0 Å². The van der Waals surface area contributed by atoms with E-state index in [1.165, 1.54) is 0 Å². The number of hydrogen-bond acceptors (Lipinski definition) is 4. The Kier molecular flexibility index (Phi) is 2.96. The van der Waals surface area contributed by atoms with Crippen molar-refractivity contribution in [2.24, 2.45) is 0 Å². The van der Waals surface area contributed by atoms with Crippen LogP contribution in [0.3, 0.4) is 0 Å². The van der Waals surface area contributed by atoms with Gasteiger partial charge >= 0.3 is 0 Å². The molecule has 0 bridgehead atoms. The van der Waals surface area contributed by atoms with Crippen LogP contribution in [0.1, 0.15) is 5.56 Å². The fraction of sp³-hybridized carbons (Fsp3) is 0.500. The molecule has 0 saturated carbocycles. The zero-order chi connectivity index (χ0) is 9.80. The predicted octanol–water partition coefficient (Wildman–Crippen LogP) is -0.0165. The Bertz CT molecular complexity index is 297. The van der Waals surface area contributed by atoms with Gasteiger partial charge in [0, 0.05) is 49.8 Å². The van der Waals surface area contributed by atoms with Crippen molar-refractivity contribution < 1.29 is 5.11 Å². The van der Waals surface area contributed by atoms with Crippen LogP contribution in [0.15, 0.2) is 18.5 Å². The van der Waals surface area contributed by atoms with Crippen LogP contribution in [0.25, 0.3) is 0 Å². The number of anilines is 1. The maximum absolute atomic E-state index is 9.17.